The number of nitrogens with one attached hydrogen (secondary N) is 1. The molecule has 0 spiro atoms. The minimum Gasteiger partial charge on any atom is -0.478 e. The first kappa shape index (κ1) is 15.0. The molecule has 0 aliphatic carbocycles. The third-order valence-electron chi connectivity index (χ3n) is 3.38. The zero-order chi connectivity index (χ0) is 16.1. The molecule has 118 valence electrons. The highest BCUT2D eigenvalue weighted by Gasteiger charge is 2.07. The monoisotopic (exact) mass is 310 g/mol. The van der Waals surface area contributed by atoms with E-state index < -0.39 is 0 Å². The Morgan fingerprint density at radius 1 is 1.35 bits per heavy atom. The van der Waals surface area contributed by atoms with Crippen LogP contribution in [0, 0.1) is 0 Å². The number of ether oxygens (including phenoxy) is 1. The van der Waals surface area contributed by atoms with E-state index in [0.29, 0.717) is 24.6 Å². The number of carbonyl (C=O) groups excluding carboxylic acids is 1. The molecule has 23 heavy (non-hydrogen) atoms. The van der Waals surface area contributed by atoms with E-state index in [-0.39, 0.29) is 5.91 Å². The second-order valence-electron chi connectivity index (χ2n) is 5.17. The van der Waals surface area contributed by atoms with Crippen LogP contribution in [0.3, 0.4) is 0 Å². The van der Waals surface area contributed by atoms with Crippen molar-refractivity contribution in [2.24, 2.45) is 0 Å². The van der Waals surface area contributed by atoms with Crippen LogP contribution in [0.5, 0.6) is 5.88 Å². The van der Waals surface area contributed by atoms with E-state index in [1.807, 2.05) is 35.7 Å². The van der Waals surface area contributed by atoms with Gasteiger partial charge in [-0.2, -0.15) is 0 Å². The average Bonchev–Trinajstić information content (AvgIpc) is 3.06. The molecule has 0 aliphatic heterocycles. The summed E-state index contributed by atoms with van der Waals surface area (Å²) in [6, 6.07) is 7.28. The molecule has 3 aromatic heterocycles. The predicted molar refractivity (Wildman–Crippen MR) is 86.4 cm³/mol. The van der Waals surface area contributed by atoms with Crippen LogP contribution in [0.4, 0.5) is 0 Å². The van der Waals surface area contributed by atoms with E-state index in [1.54, 1.807) is 24.8 Å². The number of pyridine rings is 2. The molecule has 0 saturated heterocycles. The van der Waals surface area contributed by atoms with Gasteiger partial charge >= 0.3 is 0 Å². The van der Waals surface area contributed by atoms with Crippen molar-refractivity contribution in [3.63, 3.8) is 0 Å². The Morgan fingerprint density at radius 2 is 2.26 bits per heavy atom. The lowest BCUT2D eigenvalue weighted by atomic mass is 10.2. The summed E-state index contributed by atoms with van der Waals surface area (Å²) in [5, 5.41) is 2.90. The van der Waals surface area contributed by atoms with E-state index in [2.05, 4.69) is 15.3 Å². The molecule has 3 rings (SSSR count). The van der Waals surface area contributed by atoms with Crippen LogP contribution in [-0.2, 0) is 6.54 Å². The van der Waals surface area contributed by atoms with Crippen molar-refractivity contribution in [1.82, 2.24) is 19.7 Å². The molecule has 0 fully saturated rings. The molecule has 1 N–H and O–H groups in total. The Bertz CT molecular complexity index is 813. The van der Waals surface area contributed by atoms with Gasteiger partial charge in [-0.25, -0.2) is 9.97 Å². The summed E-state index contributed by atoms with van der Waals surface area (Å²) in [6.07, 6.45) is 7.85. The van der Waals surface area contributed by atoms with E-state index in [4.69, 9.17) is 4.74 Å². The van der Waals surface area contributed by atoms with Crippen LogP contribution in [0.2, 0.25) is 0 Å². The van der Waals surface area contributed by atoms with Crippen molar-refractivity contribution in [1.29, 1.82) is 0 Å². The fraction of sp³-hybridized carbons (Fsp3) is 0.235. The summed E-state index contributed by atoms with van der Waals surface area (Å²) >= 11 is 0. The van der Waals surface area contributed by atoms with Gasteiger partial charge in [0.15, 0.2) is 0 Å². The zero-order valence-electron chi connectivity index (χ0n) is 12.9. The van der Waals surface area contributed by atoms with Crippen molar-refractivity contribution >= 4 is 11.4 Å². The van der Waals surface area contributed by atoms with E-state index >= 15 is 0 Å². The van der Waals surface area contributed by atoms with Crippen molar-refractivity contribution in [2.75, 3.05) is 6.61 Å². The molecule has 0 aromatic carbocycles. The standard InChI is InChI=1S/C17H18N4O2/c1-2-7-23-16-8-13(3-5-19-16)10-20-17(22)14-4-6-21-12-18-11-15(21)9-14/h3-6,8-9,11-12H,2,7,10H2,1H3,(H,20,22). The second-order valence-corrected chi connectivity index (χ2v) is 5.17. The average molecular weight is 310 g/mol. The minimum absolute atomic E-state index is 0.124. The topological polar surface area (TPSA) is 68.5 Å². The quantitative estimate of drug-likeness (QED) is 0.759. The van der Waals surface area contributed by atoms with Crippen LogP contribution in [0.25, 0.3) is 5.52 Å². The molecule has 6 nitrogen and oxygen atoms in total. The van der Waals surface area contributed by atoms with Crippen LogP contribution >= 0.6 is 0 Å². The maximum atomic E-state index is 12.3. The van der Waals surface area contributed by atoms with Gasteiger partial charge in [0.2, 0.25) is 5.88 Å². The largest absolute Gasteiger partial charge is 0.478 e. The van der Waals surface area contributed by atoms with Crippen LogP contribution in [0.1, 0.15) is 29.3 Å². The number of rotatable bonds is 6. The summed E-state index contributed by atoms with van der Waals surface area (Å²) in [6.45, 7) is 3.10. The summed E-state index contributed by atoms with van der Waals surface area (Å²) in [5.74, 6) is 0.459. The molecule has 0 aliphatic rings. The first-order valence-electron chi connectivity index (χ1n) is 7.54. The molecular formula is C17H18N4O2. The maximum Gasteiger partial charge on any atom is 0.251 e. The number of fused-ring (bicyclic) bond motifs is 1. The number of hydrogen-bond acceptors (Lipinski definition) is 4. The zero-order valence-corrected chi connectivity index (χ0v) is 12.9. The molecule has 0 radical (unpaired) electrons. The van der Waals surface area contributed by atoms with Crippen molar-refractivity contribution in [3.05, 3.63) is 60.3 Å². The number of hydrogen-bond donors (Lipinski definition) is 1. The molecule has 3 heterocycles. The lowest BCUT2D eigenvalue weighted by molar-refractivity contribution is 0.0951. The molecule has 1 amide bonds. The van der Waals surface area contributed by atoms with Crippen LogP contribution in [-0.4, -0.2) is 26.9 Å². The molecule has 0 unspecified atom stereocenters. The molecule has 0 saturated carbocycles. The molecule has 0 atom stereocenters. The minimum atomic E-state index is -0.124. The molecular weight excluding hydrogens is 292 g/mol. The van der Waals surface area contributed by atoms with Crippen molar-refractivity contribution in [2.45, 2.75) is 19.9 Å². The Kier molecular flexibility index (Phi) is 4.52. The highest BCUT2D eigenvalue weighted by atomic mass is 16.5. The third-order valence-corrected chi connectivity index (χ3v) is 3.38. The predicted octanol–water partition coefficient (Wildman–Crippen LogP) is 2.45. The molecule has 0 bridgehead atoms. The number of carbonyl (C=O) groups is 1. The van der Waals surface area contributed by atoms with Gasteiger partial charge in [0.05, 0.1) is 24.6 Å². The van der Waals surface area contributed by atoms with Gasteiger partial charge in [0, 0.05) is 30.6 Å². The lowest BCUT2D eigenvalue weighted by Gasteiger charge is -2.08. The number of amides is 1. The molecule has 6 heteroatoms. The molecule has 3 aromatic rings. The third kappa shape index (κ3) is 3.66. The Balaban J connectivity index is 1.64. The van der Waals surface area contributed by atoms with E-state index in [9.17, 15) is 4.79 Å². The summed E-state index contributed by atoms with van der Waals surface area (Å²) in [5.41, 5.74) is 2.44. The summed E-state index contributed by atoms with van der Waals surface area (Å²) in [7, 11) is 0. The fourth-order valence-corrected chi connectivity index (χ4v) is 2.19. The normalized spacial score (nSPS) is 10.7. The number of aromatic nitrogens is 3. The second kappa shape index (κ2) is 6.91. The summed E-state index contributed by atoms with van der Waals surface area (Å²) in [4.78, 5) is 20.4. The lowest BCUT2D eigenvalue weighted by Crippen LogP contribution is -2.22. The van der Waals surface area contributed by atoms with Crippen LogP contribution in [0.15, 0.2) is 49.2 Å². The van der Waals surface area contributed by atoms with Gasteiger partial charge in [-0.1, -0.05) is 6.92 Å². The highest BCUT2D eigenvalue weighted by molar-refractivity contribution is 5.95. The first-order chi connectivity index (χ1) is 11.3. The Labute approximate surface area is 134 Å². The van der Waals surface area contributed by atoms with Gasteiger partial charge in [-0.15, -0.1) is 0 Å². The van der Waals surface area contributed by atoms with Gasteiger partial charge in [-0.3, -0.25) is 4.79 Å². The fourth-order valence-electron chi connectivity index (χ4n) is 2.19. The Hall–Kier alpha value is -2.89. The van der Waals surface area contributed by atoms with E-state index in [0.717, 1.165) is 17.5 Å². The van der Waals surface area contributed by atoms with Gasteiger partial charge in [-0.05, 0) is 30.2 Å². The first-order valence-corrected chi connectivity index (χ1v) is 7.54. The van der Waals surface area contributed by atoms with Gasteiger partial charge in [0.25, 0.3) is 5.91 Å². The highest BCUT2D eigenvalue weighted by Crippen LogP contribution is 2.10. The Morgan fingerprint density at radius 3 is 3.13 bits per heavy atom. The number of nitrogens with zero attached hydrogens (tertiary/aromatic N) is 3. The van der Waals surface area contributed by atoms with E-state index in [1.165, 1.54) is 0 Å². The SMILES string of the molecule is CCCOc1cc(CNC(=O)c2ccn3cncc3c2)ccn1. The van der Waals surface area contributed by atoms with Crippen molar-refractivity contribution < 1.29 is 9.53 Å². The van der Waals surface area contributed by atoms with Crippen molar-refractivity contribution in [3.8, 4) is 5.88 Å². The maximum absolute atomic E-state index is 12.3. The summed E-state index contributed by atoms with van der Waals surface area (Å²) < 4.78 is 7.35. The van der Waals surface area contributed by atoms with Gasteiger partial charge in [0.1, 0.15) is 0 Å². The number of imidazole rings is 1. The van der Waals surface area contributed by atoms with Gasteiger partial charge < -0.3 is 14.5 Å². The smallest absolute Gasteiger partial charge is 0.251 e. The van der Waals surface area contributed by atoms with Crippen LogP contribution < -0.4 is 10.1 Å².